The van der Waals surface area contributed by atoms with Gasteiger partial charge in [0.25, 0.3) is 5.91 Å². The van der Waals surface area contributed by atoms with Gasteiger partial charge in [0.1, 0.15) is 5.76 Å². The number of fused-ring (bicyclic) bond motifs is 1. The van der Waals surface area contributed by atoms with Crippen LogP contribution in [0.4, 0.5) is 5.69 Å². The van der Waals surface area contributed by atoms with Crippen molar-refractivity contribution in [3.63, 3.8) is 0 Å². The van der Waals surface area contributed by atoms with Crippen LogP contribution in [0, 0.1) is 0 Å². The van der Waals surface area contributed by atoms with E-state index in [0.717, 1.165) is 5.69 Å². The van der Waals surface area contributed by atoms with Gasteiger partial charge in [-0.15, -0.1) is 0 Å². The van der Waals surface area contributed by atoms with Crippen LogP contribution in [-0.4, -0.2) is 42.9 Å². The molecule has 2 aromatic carbocycles. The molecule has 3 heterocycles. The van der Waals surface area contributed by atoms with E-state index in [1.807, 2.05) is 43.3 Å². The van der Waals surface area contributed by atoms with Gasteiger partial charge in [-0.2, -0.15) is 0 Å². The zero-order chi connectivity index (χ0) is 24.7. The number of anilines is 1. The minimum atomic E-state index is -0.827. The summed E-state index contributed by atoms with van der Waals surface area (Å²) in [5.74, 6) is -0.803. The van der Waals surface area contributed by atoms with Gasteiger partial charge in [-0.3, -0.25) is 9.59 Å². The number of carbonyl (C=O) groups excluding carboxylic acids is 2. The minimum absolute atomic E-state index is 0.00797. The Morgan fingerprint density at radius 2 is 1.89 bits per heavy atom. The summed E-state index contributed by atoms with van der Waals surface area (Å²) in [7, 11) is 5.37. The summed E-state index contributed by atoms with van der Waals surface area (Å²) < 4.78 is 16.6. The molecule has 2 aromatic heterocycles. The molecule has 1 aliphatic rings. The zero-order valence-corrected chi connectivity index (χ0v) is 19.5. The lowest BCUT2D eigenvalue weighted by atomic mass is 9.94. The summed E-state index contributed by atoms with van der Waals surface area (Å²) >= 11 is 0. The van der Waals surface area contributed by atoms with Crippen molar-refractivity contribution in [1.29, 1.82) is 0 Å². The van der Waals surface area contributed by atoms with Crippen molar-refractivity contribution in [2.24, 2.45) is 0 Å². The summed E-state index contributed by atoms with van der Waals surface area (Å²) in [5.41, 5.74) is 2.01. The van der Waals surface area contributed by atoms with Crippen LogP contribution in [0.15, 0.2) is 87.1 Å². The van der Waals surface area contributed by atoms with Gasteiger partial charge in [0, 0.05) is 25.2 Å². The third-order valence-corrected chi connectivity index (χ3v) is 6.13. The number of hydrogen-bond donors (Lipinski definition) is 1. The van der Waals surface area contributed by atoms with E-state index in [4.69, 9.17) is 13.6 Å². The fourth-order valence-corrected chi connectivity index (χ4v) is 4.36. The van der Waals surface area contributed by atoms with Crippen LogP contribution in [0.3, 0.4) is 0 Å². The molecule has 8 heteroatoms. The van der Waals surface area contributed by atoms with Crippen molar-refractivity contribution in [3.8, 4) is 5.75 Å². The topological polar surface area (TPSA) is 96.4 Å². The van der Waals surface area contributed by atoms with Crippen molar-refractivity contribution in [2.45, 2.75) is 12.6 Å². The highest BCUT2D eigenvalue weighted by Gasteiger charge is 2.45. The second kappa shape index (κ2) is 8.72. The minimum Gasteiger partial charge on any atom is -0.503 e. The highest BCUT2D eigenvalue weighted by Crippen LogP contribution is 2.41. The van der Waals surface area contributed by atoms with Gasteiger partial charge in [-0.05, 0) is 42.0 Å². The Morgan fingerprint density at radius 3 is 2.54 bits per heavy atom. The fraction of sp³-hybridized carbons (Fsp3) is 0.185. The van der Waals surface area contributed by atoms with E-state index in [0.29, 0.717) is 28.0 Å². The van der Waals surface area contributed by atoms with E-state index in [1.54, 1.807) is 36.4 Å². The second-order valence-electron chi connectivity index (χ2n) is 8.48. The molecule has 0 aliphatic carbocycles. The first-order valence-corrected chi connectivity index (χ1v) is 11.0. The molecule has 0 saturated heterocycles. The number of para-hydroxylation sites is 1. The van der Waals surface area contributed by atoms with Gasteiger partial charge >= 0.3 is 0 Å². The van der Waals surface area contributed by atoms with Crippen molar-refractivity contribution in [1.82, 2.24) is 4.90 Å². The average molecular weight is 472 g/mol. The molecule has 1 unspecified atom stereocenters. The molecule has 5 rings (SSSR count). The molecule has 1 aliphatic heterocycles. The molecule has 0 spiro atoms. The number of aliphatic hydroxyl groups excluding tert-OH is 1. The Labute approximate surface area is 201 Å². The number of hydrogen-bond acceptors (Lipinski definition) is 7. The summed E-state index contributed by atoms with van der Waals surface area (Å²) in [5, 5.41) is 11.6. The smallest absolute Gasteiger partial charge is 0.290 e. The van der Waals surface area contributed by atoms with E-state index in [9.17, 15) is 14.7 Å². The highest BCUT2D eigenvalue weighted by molar-refractivity contribution is 6.16. The van der Waals surface area contributed by atoms with Gasteiger partial charge < -0.3 is 28.5 Å². The fourth-order valence-electron chi connectivity index (χ4n) is 4.36. The molecular formula is C27H24N2O6. The van der Waals surface area contributed by atoms with E-state index in [2.05, 4.69) is 0 Å². The van der Waals surface area contributed by atoms with Crippen molar-refractivity contribution >= 4 is 28.3 Å². The Morgan fingerprint density at radius 1 is 1.11 bits per heavy atom. The number of furan rings is 2. The molecular weight excluding hydrogens is 448 g/mol. The summed E-state index contributed by atoms with van der Waals surface area (Å²) in [6.07, 6.45) is 1.51. The first kappa shape index (κ1) is 22.3. The number of ether oxygens (including phenoxy) is 1. The molecule has 178 valence electrons. The van der Waals surface area contributed by atoms with Crippen LogP contribution in [0.25, 0.3) is 11.0 Å². The standard InChI is InChI=1S/C27H24N2O6/c1-28(2)18-11-9-16(10-12-18)23-22(25(31)27(32)29(23)15-19-7-5-13-34-19)24(30)21-14-17-6-4-8-20(33-3)26(17)35-21/h4-14,23,31H,15H2,1-3H3. The quantitative estimate of drug-likeness (QED) is 0.383. The molecule has 1 N–H and O–H groups in total. The predicted octanol–water partition coefficient (Wildman–Crippen LogP) is 4.88. The molecule has 0 radical (unpaired) electrons. The average Bonchev–Trinajstić information content (AvgIpc) is 3.59. The molecule has 1 atom stereocenters. The summed E-state index contributed by atoms with van der Waals surface area (Å²) in [6, 6.07) is 17.0. The number of benzene rings is 2. The molecule has 1 amide bonds. The van der Waals surface area contributed by atoms with Gasteiger partial charge in [0.05, 0.1) is 31.5 Å². The van der Waals surface area contributed by atoms with Crippen molar-refractivity contribution in [3.05, 3.63) is 95.3 Å². The third-order valence-electron chi connectivity index (χ3n) is 6.13. The van der Waals surface area contributed by atoms with Crippen molar-refractivity contribution in [2.75, 3.05) is 26.1 Å². The molecule has 35 heavy (non-hydrogen) atoms. The predicted molar refractivity (Wildman–Crippen MR) is 130 cm³/mol. The van der Waals surface area contributed by atoms with Crippen LogP contribution in [0.2, 0.25) is 0 Å². The summed E-state index contributed by atoms with van der Waals surface area (Å²) in [4.78, 5) is 30.3. The Bertz CT molecular complexity index is 1430. The van der Waals surface area contributed by atoms with E-state index >= 15 is 0 Å². The maximum absolute atomic E-state index is 13.7. The monoisotopic (exact) mass is 472 g/mol. The molecule has 4 aromatic rings. The third kappa shape index (κ3) is 3.82. The van der Waals surface area contributed by atoms with E-state index in [1.165, 1.54) is 18.3 Å². The van der Waals surface area contributed by atoms with Crippen LogP contribution >= 0.6 is 0 Å². The van der Waals surface area contributed by atoms with Crippen molar-refractivity contribution < 1.29 is 28.3 Å². The Hall–Kier alpha value is -4.46. The lowest BCUT2D eigenvalue weighted by molar-refractivity contribution is -0.130. The normalized spacial score (nSPS) is 15.8. The number of Topliss-reactive ketones (excluding diaryl/α,β-unsaturated/α-hetero) is 1. The summed E-state index contributed by atoms with van der Waals surface area (Å²) in [6.45, 7) is 0.0841. The maximum atomic E-state index is 13.7. The largest absolute Gasteiger partial charge is 0.503 e. The van der Waals surface area contributed by atoms with Gasteiger partial charge in [-0.1, -0.05) is 24.3 Å². The number of nitrogens with zero attached hydrogens (tertiary/aromatic N) is 2. The number of rotatable bonds is 7. The van der Waals surface area contributed by atoms with Gasteiger partial charge in [0.15, 0.2) is 22.9 Å². The number of amides is 1. The second-order valence-corrected chi connectivity index (χ2v) is 8.48. The van der Waals surface area contributed by atoms with Gasteiger partial charge in [-0.25, -0.2) is 0 Å². The van der Waals surface area contributed by atoms with Crippen LogP contribution in [0.1, 0.15) is 27.9 Å². The first-order valence-electron chi connectivity index (χ1n) is 11.0. The maximum Gasteiger partial charge on any atom is 0.290 e. The van der Waals surface area contributed by atoms with Gasteiger partial charge in [0.2, 0.25) is 5.78 Å². The van der Waals surface area contributed by atoms with E-state index < -0.39 is 23.5 Å². The molecule has 0 saturated carbocycles. The lowest BCUT2D eigenvalue weighted by Gasteiger charge is -2.26. The number of methoxy groups -OCH3 is 1. The SMILES string of the molecule is COc1cccc2cc(C(=O)C3=C(O)C(=O)N(Cc4ccco4)C3c3ccc(N(C)C)cc3)oc12. The highest BCUT2D eigenvalue weighted by atomic mass is 16.5. The molecule has 0 bridgehead atoms. The Balaban J connectivity index is 1.60. The van der Waals surface area contributed by atoms with Crippen LogP contribution < -0.4 is 9.64 Å². The number of aliphatic hydroxyl groups is 1. The zero-order valence-electron chi connectivity index (χ0n) is 19.5. The number of carbonyl (C=O) groups is 2. The molecule has 8 nitrogen and oxygen atoms in total. The van der Waals surface area contributed by atoms with Crippen LogP contribution in [0.5, 0.6) is 5.75 Å². The van der Waals surface area contributed by atoms with Crippen LogP contribution in [-0.2, 0) is 11.3 Å². The van der Waals surface area contributed by atoms with E-state index in [-0.39, 0.29) is 17.9 Å². The first-order chi connectivity index (χ1) is 16.9. The number of ketones is 1. The molecule has 0 fully saturated rings. The Kier molecular flexibility index (Phi) is 5.56. The lowest BCUT2D eigenvalue weighted by Crippen LogP contribution is -2.30.